The van der Waals surface area contributed by atoms with Gasteiger partial charge < -0.3 is 14.3 Å². The molecule has 0 amide bonds. The van der Waals surface area contributed by atoms with Crippen molar-refractivity contribution in [1.29, 1.82) is 0 Å². The van der Waals surface area contributed by atoms with Gasteiger partial charge in [-0.15, -0.1) is 0 Å². The molecule has 0 aliphatic heterocycles. The van der Waals surface area contributed by atoms with E-state index in [-0.39, 0.29) is 5.56 Å². The number of hydrogen-bond acceptors (Lipinski definition) is 2. The number of aromatic nitrogens is 2. The van der Waals surface area contributed by atoms with Crippen molar-refractivity contribution in [3.8, 4) is 22.6 Å². The number of aryl methyl sites for hydroxylation is 1. The van der Waals surface area contributed by atoms with E-state index in [1.165, 1.54) is 0 Å². The molecule has 0 spiro atoms. The van der Waals surface area contributed by atoms with Crippen LogP contribution in [0, 0.1) is 0 Å². The number of nitrogens with one attached hydrogen (secondary N) is 1. The number of benzene rings is 2. The van der Waals surface area contributed by atoms with Gasteiger partial charge in [0.1, 0.15) is 17.0 Å². The summed E-state index contributed by atoms with van der Waals surface area (Å²) in [6.07, 6.45) is 3.66. The van der Waals surface area contributed by atoms with Gasteiger partial charge in [0, 0.05) is 30.4 Å². The number of ether oxygens (including phenoxy) is 1. The number of fused-ring (bicyclic) bond motifs is 1. The molecule has 0 aliphatic carbocycles. The van der Waals surface area contributed by atoms with Crippen LogP contribution in [0.5, 0.6) is 11.5 Å². The molecule has 0 aliphatic rings. The van der Waals surface area contributed by atoms with E-state index in [0.717, 1.165) is 28.0 Å². The quantitative estimate of drug-likeness (QED) is 0.611. The highest BCUT2D eigenvalue weighted by Crippen LogP contribution is 2.30. The third-order valence-corrected chi connectivity index (χ3v) is 4.04. The van der Waals surface area contributed by atoms with E-state index >= 15 is 0 Å². The van der Waals surface area contributed by atoms with Crippen molar-refractivity contribution in [3.63, 3.8) is 0 Å². The summed E-state index contributed by atoms with van der Waals surface area (Å²) < 4.78 is 7.68. The van der Waals surface area contributed by atoms with Crippen LogP contribution in [0.1, 0.15) is 0 Å². The van der Waals surface area contributed by atoms with Crippen LogP contribution in [0.25, 0.3) is 22.0 Å². The first-order valence-electron chi connectivity index (χ1n) is 7.72. The van der Waals surface area contributed by atoms with E-state index in [9.17, 15) is 4.79 Å². The van der Waals surface area contributed by atoms with Gasteiger partial charge in [0.15, 0.2) is 0 Å². The molecule has 0 atom stereocenters. The predicted octanol–water partition coefficient (Wildman–Crippen LogP) is 4.33. The summed E-state index contributed by atoms with van der Waals surface area (Å²) in [5, 5.41) is 0.943. The van der Waals surface area contributed by atoms with Crippen molar-refractivity contribution in [1.82, 2.24) is 9.55 Å². The van der Waals surface area contributed by atoms with Crippen LogP contribution < -0.4 is 10.3 Å². The van der Waals surface area contributed by atoms with Crippen LogP contribution in [0.4, 0.5) is 0 Å². The summed E-state index contributed by atoms with van der Waals surface area (Å²) in [5.74, 6) is 1.59. The summed E-state index contributed by atoms with van der Waals surface area (Å²) in [7, 11) is 1.88. The minimum atomic E-state index is -0.0784. The van der Waals surface area contributed by atoms with Crippen LogP contribution in [-0.4, -0.2) is 9.55 Å². The Kier molecular flexibility index (Phi) is 3.43. The molecular formula is C20H16N2O2. The number of aromatic amines is 1. The Balaban J connectivity index is 1.71. The molecule has 2 aromatic heterocycles. The Bertz CT molecular complexity index is 1040. The van der Waals surface area contributed by atoms with Crippen LogP contribution >= 0.6 is 0 Å². The topological polar surface area (TPSA) is 47.0 Å². The molecule has 0 bridgehead atoms. The van der Waals surface area contributed by atoms with Gasteiger partial charge >= 0.3 is 0 Å². The lowest BCUT2D eigenvalue weighted by Gasteiger charge is -2.06. The largest absolute Gasteiger partial charge is 0.457 e. The van der Waals surface area contributed by atoms with Crippen molar-refractivity contribution in [2.75, 3.05) is 0 Å². The van der Waals surface area contributed by atoms with Gasteiger partial charge in [-0.05, 0) is 35.9 Å². The van der Waals surface area contributed by atoms with E-state index in [0.29, 0.717) is 5.52 Å². The number of H-pyrrole nitrogens is 1. The summed E-state index contributed by atoms with van der Waals surface area (Å²) in [6, 6.07) is 19.5. The van der Waals surface area contributed by atoms with E-state index < -0.39 is 0 Å². The summed E-state index contributed by atoms with van der Waals surface area (Å²) >= 11 is 0. The van der Waals surface area contributed by atoms with Gasteiger partial charge in [-0.3, -0.25) is 4.79 Å². The lowest BCUT2D eigenvalue weighted by Crippen LogP contribution is -2.07. The van der Waals surface area contributed by atoms with Gasteiger partial charge in [0.25, 0.3) is 5.56 Å². The lowest BCUT2D eigenvalue weighted by molar-refractivity contribution is 0.483. The molecule has 2 aromatic carbocycles. The molecule has 4 rings (SSSR count). The highest BCUT2D eigenvalue weighted by molar-refractivity contribution is 5.95. The van der Waals surface area contributed by atoms with Crippen LogP contribution in [0.2, 0.25) is 0 Å². The zero-order chi connectivity index (χ0) is 16.5. The minimum absolute atomic E-state index is 0.0784. The molecular weight excluding hydrogens is 300 g/mol. The first-order valence-corrected chi connectivity index (χ1v) is 7.72. The van der Waals surface area contributed by atoms with Crippen LogP contribution in [0.15, 0.2) is 77.9 Å². The number of hydrogen-bond donors (Lipinski definition) is 1. The molecule has 24 heavy (non-hydrogen) atoms. The minimum Gasteiger partial charge on any atom is -0.457 e. The maximum Gasteiger partial charge on any atom is 0.272 e. The molecule has 1 N–H and O–H groups in total. The molecule has 0 saturated heterocycles. The second-order valence-electron chi connectivity index (χ2n) is 5.66. The smallest absolute Gasteiger partial charge is 0.272 e. The average Bonchev–Trinajstić information content (AvgIpc) is 2.95. The number of nitrogens with zero attached hydrogens (tertiary/aromatic N) is 1. The van der Waals surface area contributed by atoms with Crippen LogP contribution in [0.3, 0.4) is 0 Å². The molecule has 0 unspecified atom stereocenters. The molecule has 4 heteroatoms. The van der Waals surface area contributed by atoms with E-state index in [1.807, 2.05) is 78.5 Å². The van der Waals surface area contributed by atoms with Gasteiger partial charge in [0.05, 0.1) is 0 Å². The first kappa shape index (κ1) is 14.3. The summed E-state index contributed by atoms with van der Waals surface area (Å²) in [4.78, 5) is 14.7. The number of rotatable bonds is 3. The SMILES string of the molecule is Cn1cc(-c2ccc(Oc3ccccc3)cc2)c2cc[nH]c(=O)c21. The Hall–Kier alpha value is -3.27. The Morgan fingerprint density at radius 1 is 0.917 bits per heavy atom. The maximum absolute atomic E-state index is 12.0. The lowest BCUT2D eigenvalue weighted by atomic mass is 10.1. The van der Waals surface area contributed by atoms with Crippen LogP contribution in [-0.2, 0) is 7.05 Å². The molecule has 2 heterocycles. The molecule has 0 saturated carbocycles. The van der Waals surface area contributed by atoms with E-state index in [4.69, 9.17) is 4.74 Å². The maximum atomic E-state index is 12.0. The fourth-order valence-electron chi connectivity index (χ4n) is 2.92. The van der Waals surface area contributed by atoms with Gasteiger partial charge in [-0.1, -0.05) is 30.3 Å². The highest BCUT2D eigenvalue weighted by Gasteiger charge is 2.11. The summed E-state index contributed by atoms with van der Waals surface area (Å²) in [6.45, 7) is 0. The molecule has 118 valence electrons. The normalized spacial score (nSPS) is 10.9. The molecule has 4 nitrogen and oxygen atoms in total. The van der Waals surface area contributed by atoms with Gasteiger partial charge in [-0.25, -0.2) is 0 Å². The third-order valence-electron chi connectivity index (χ3n) is 4.04. The zero-order valence-corrected chi connectivity index (χ0v) is 13.2. The number of para-hydroxylation sites is 1. The van der Waals surface area contributed by atoms with Gasteiger partial charge in [-0.2, -0.15) is 0 Å². The number of pyridine rings is 1. The second-order valence-corrected chi connectivity index (χ2v) is 5.66. The van der Waals surface area contributed by atoms with Crippen molar-refractivity contribution in [2.24, 2.45) is 7.05 Å². The third kappa shape index (κ3) is 2.48. The molecule has 0 fully saturated rings. The van der Waals surface area contributed by atoms with Crippen molar-refractivity contribution in [3.05, 3.63) is 83.4 Å². The summed E-state index contributed by atoms with van der Waals surface area (Å²) in [5.41, 5.74) is 2.68. The Morgan fingerprint density at radius 2 is 1.62 bits per heavy atom. The Labute approximate surface area is 139 Å². The fourth-order valence-corrected chi connectivity index (χ4v) is 2.92. The highest BCUT2D eigenvalue weighted by atomic mass is 16.5. The standard InChI is InChI=1S/C20H16N2O2/c1-22-13-18(17-11-12-21-20(23)19(17)22)14-7-9-16(10-8-14)24-15-5-3-2-4-6-15/h2-13H,1H3,(H,21,23). The predicted molar refractivity (Wildman–Crippen MR) is 95.5 cm³/mol. The molecule has 0 radical (unpaired) electrons. The van der Waals surface area contributed by atoms with E-state index in [2.05, 4.69) is 4.98 Å². The molecule has 4 aromatic rings. The van der Waals surface area contributed by atoms with Gasteiger partial charge in [0.2, 0.25) is 0 Å². The zero-order valence-electron chi connectivity index (χ0n) is 13.2. The van der Waals surface area contributed by atoms with Crippen molar-refractivity contribution in [2.45, 2.75) is 0 Å². The van der Waals surface area contributed by atoms with Crippen molar-refractivity contribution >= 4 is 10.9 Å². The average molecular weight is 316 g/mol. The van der Waals surface area contributed by atoms with E-state index in [1.54, 1.807) is 6.20 Å². The first-order chi connectivity index (χ1) is 11.7. The van der Waals surface area contributed by atoms with Crippen molar-refractivity contribution < 1.29 is 4.74 Å². The monoisotopic (exact) mass is 316 g/mol. The second kappa shape index (κ2) is 5.74. The Morgan fingerprint density at radius 3 is 2.38 bits per heavy atom. The fraction of sp³-hybridized carbons (Fsp3) is 0.0500.